The van der Waals surface area contributed by atoms with Crippen LogP contribution in [0.3, 0.4) is 0 Å². The van der Waals surface area contributed by atoms with E-state index in [-0.39, 0.29) is 6.61 Å². The lowest BCUT2D eigenvalue weighted by molar-refractivity contribution is -0.307. The molecule has 0 saturated carbocycles. The summed E-state index contributed by atoms with van der Waals surface area (Å²) in [7, 11) is -10.2. The molecule has 0 fully saturated rings. The molecule has 2 unspecified atom stereocenters. The van der Waals surface area contributed by atoms with E-state index < -0.39 is 15.6 Å². The van der Waals surface area contributed by atoms with Gasteiger partial charge in [0.05, 0.1) is 6.61 Å². The molecule has 8 nitrogen and oxygen atoms in total. The van der Waals surface area contributed by atoms with Crippen LogP contribution in [-0.4, -0.2) is 11.5 Å². The van der Waals surface area contributed by atoms with Crippen molar-refractivity contribution in [1.29, 1.82) is 0 Å². The number of rotatable bonds is 9. The zero-order valence-corrected chi connectivity index (χ0v) is 13.3. The quantitative estimate of drug-likeness (QED) is 0.292. The maximum Gasteiger partial charge on any atom is 0.298 e. The largest absolute Gasteiger partial charge is 0.755 e. The molecule has 0 aromatic rings. The van der Waals surface area contributed by atoms with E-state index in [0.717, 1.165) is 18.4 Å². The van der Waals surface area contributed by atoms with E-state index in [2.05, 4.69) is 13.9 Å². The van der Waals surface area contributed by atoms with Gasteiger partial charge in [-0.05, 0) is 33.6 Å². The van der Waals surface area contributed by atoms with Gasteiger partial charge in [0.2, 0.25) is 0 Å². The summed E-state index contributed by atoms with van der Waals surface area (Å²) in [5.41, 5.74) is 2.09. The van der Waals surface area contributed by atoms with Gasteiger partial charge in [0.1, 0.15) is 0 Å². The first-order valence-corrected chi connectivity index (χ1v) is 8.64. The highest BCUT2D eigenvalue weighted by atomic mass is 31.2. The highest BCUT2D eigenvalue weighted by Gasteiger charge is 2.14. The first-order valence-electron chi connectivity index (χ1n) is 5.68. The minimum absolute atomic E-state index is 0.320. The Morgan fingerprint density at radius 3 is 2.25 bits per heavy atom. The summed E-state index contributed by atoms with van der Waals surface area (Å²) in [5.74, 6) is 0. The van der Waals surface area contributed by atoms with Crippen molar-refractivity contribution in [3.8, 4) is 0 Å². The molecule has 0 radical (unpaired) electrons. The van der Waals surface area contributed by atoms with Crippen LogP contribution in [0.1, 0.15) is 33.6 Å². The molecule has 0 aromatic heterocycles. The molecule has 0 spiro atoms. The Morgan fingerprint density at radius 1 is 1.15 bits per heavy atom. The van der Waals surface area contributed by atoms with Crippen LogP contribution in [0.15, 0.2) is 23.3 Å². The lowest BCUT2D eigenvalue weighted by atomic mass is 10.1. The van der Waals surface area contributed by atoms with Gasteiger partial charge in [0, 0.05) is 0 Å². The molecule has 0 aliphatic heterocycles. The topological polar surface area (TPSA) is 128 Å². The second-order valence-electron chi connectivity index (χ2n) is 4.23. The number of hydrogen-bond donors (Lipinski definition) is 1. The molecule has 0 amide bonds. The predicted octanol–water partition coefficient (Wildman–Crippen LogP) is 1.57. The van der Waals surface area contributed by atoms with Crippen molar-refractivity contribution in [1.82, 2.24) is 0 Å². The molecule has 0 heterocycles. The Kier molecular flexibility index (Phi) is 8.74. The molecule has 0 bridgehead atoms. The Bertz CT molecular complexity index is 446. The molecule has 20 heavy (non-hydrogen) atoms. The van der Waals surface area contributed by atoms with Gasteiger partial charge < -0.3 is 19.2 Å². The first-order chi connectivity index (χ1) is 9.02. The Balaban J connectivity index is 4.10. The smallest absolute Gasteiger partial charge is 0.298 e. The van der Waals surface area contributed by atoms with Crippen molar-refractivity contribution in [2.24, 2.45) is 0 Å². The van der Waals surface area contributed by atoms with Crippen LogP contribution < -0.4 is 9.79 Å². The monoisotopic (exact) mass is 328 g/mol. The van der Waals surface area contributed by atoms with Gasteiger partial charge in [-0.1, -0.05) is 23.3 Å². The fourth-order valence-corrected chi connectivity index (χ4v) is 2.03. The molecule has 0 aromatic carbocycles. The SMILES string of the molecule is CC(C)=CCC/C(C)=C/COP(=O)([O-])OOP(=O)([O-])O. The standard InChI is InChI=1S/C10H20O8P2/c1-9(2)5-4-6-10(3)7-8-16-20(14,15)18-17-19(11,12)13/h5,7H,4,6,8H2,1-3H3,(H,14,15)(H2,11,12,13)/p-2/b10-7+. The summed E-state index contributed by atoms with van der Waals surface area (Å²) in [6.45, 7) is 5.43. The van der Waals surface area contributed by atoms with E-state index in [1.807, 2.05) is 19.9 Å². The summed E-state index contributed by atoms with van der Waals surface area (Å²) >= 11 is 0. The van der Waals surface area contributed by atoms with Crippen molar-refractivity contribution in [3.63, 3.8) is 0 Å². The van der Waals surface area contributed by atoms with Crippen LogP contribution in [0.5, 0.6) is 0 Å². The van der Waals surface area contributed by atoms with Gasteiger partial charge in [-0.2, -0.15) is 9.35 Å². The molecule has 0 aliphatic rings. The van der Waals surface area contributed by atoms with Gasteiger partial charge in [-0.3, -0.25) is 9.13 Å². The third-order valence-electron chi connectivity index (χ3n) is 1.97. The summed E-state index contributed by atoms with van der Waals surface area (Å²) in [4.78, 5) is 29.3. The number of phosphoric acid groups is 2. The molecule has 118 valence electrons. The fraction of sp³-hybridized carbons (Fsp3) is 0.600. The van der Waals surface area contributed by atoms with Gasteiger partial charge in [0.15, 0.2) is 0 Å². The van der Waals surface area contributed by atoms with Crippen molar-refractivity contribution < 1.29 is 37.7 Å². The van der Waals surface area contributed by atoms with E-state index in [4.69, 9.17) is 4.89 Å². The third kappa shape index (κ3) is 12.7. The lowest BCUT2D eigenvalue weighted by Crippen LogP contribution is -2.11. The molecule has 0 rings (SSSR count). The Hall–Kier alpha value is -0.300. The first kappa shape index (κ1) is 19.7. The summed E-state index contributed by atoms with van der Waals surface area (Å²) in [5, 5.41) is 0. The van der Waals surface area contributed by atoms with E-state index >= 15 is 0 Å². The van der Waals surface area contributed by atoms with E-state index in [1.54, 1.807) is 6.92 Å². The average Bonchev–Trinajstić information content (AvgIpc) is 2.25. The summed E-state index contributed by atoms with van der Waals surface area (Å²) in [6.07, 6.45) is 5.12. The minimum Gasteiger partial charge on any atom is -0.755 e. The number of hydrogen-bond acceptors (Lipinski definition) is 7. The molecule has 2 atom stereocenters. The number of allylic oxidation sites excluding steroid dienone is 3. The summed E-state index contributed by atoms with van der Waals surface area (Å²) in [6, 6.07) is 0. The second-order valence-corrected chi connectivity index (χ2v) is 6.62. The van der Waals surface area contributed by atoms with Crippen LogP contribution in [-0.2, 0) is 23.0 Å². The average molecular weight is 328 g/mol. The van der Waals surface area contributed by atoms with Crippen LogP contribution in [0.2, 0.25) is 0 Å². The third-order valence-corrected chi connectivity index (χ3v) is 3.08. The molecule has 0 aliphatic carbocycles. The highest BCUT2D eigenvalue weighted by Crippen LogP contribution is 2.44. The van der Waals surface area contributed by atoms with Crippen molar-refractivity contribution >= 4 is 15.6 Å². The maximum absolute atomic E-state index is 11.0. The zero-order chi connectivity index (χ0) is 15.8. The van der Waals surface area contributed by atoms with Crippen LogP contribution in [0, 0.1) is 0 Å². The van der Waals surface area contributed by atoms with Gasteiger partial charge in [-0.25, -0.2) is 0 Å². The molecular weight excluding hydrogens is 310 g/mol. The highest BCUT2D eigenvalue weighted by molar-refractivity contribution is 7.47. The van der Waals surface area contributed by atoms with Gasteiger partial charge in [-0.15, -0.1) is 0 Å². The van der Waals surface area contributed by atoms with Crippen LogP contribution >= 0.6 is 15.6 Å². The van der Waals surface area contributed by atoms with Gasteiger partial charge in [0.25, 0.3) is 15.6 Å². The molecule has 0 saturated heterocycles. The van der Waals surface area contributed by atoms with Crippen molar-refractivity contribution in [2.45, 2.75) is 33.6 Å². The Labute approximate surface area is 117 Å². The summed E-state index contributed by atoms with van der Waals surface area (Å²) < 4.78 is 32.2. The van der Waals surface area contributed by atoms with Crippen molar-refractivity contribution in [2.75, 3.05) is 6.61 Å². The molecular formula is C10H18O8P2-2. The maximum atomic E-state index is 11.0. The normalized spacial score (nSPS) is 18.2. The zero-order valence-electron chi connectivity index (χ0n) is 11.5. The predicted molar refractivity (Wildman–Crippen MR) is 68.0 cm³/mol. The Morgan fingerprint density at radius 2 is 1.75 bits per heavy atom. The van der Waals surface area contributed by atoms with Gasteiger partial charge >= 0.3 is 0 Å². The second kappa shape index (κ2) is 8.87. The molecule has 10 heteroatoms. The minimum atomic E-state index is -5.28. The van der Waals surface area contributed by atoms with E-state index in [0.29, 0.717) is 0 Å². The van der Waals surface area contributed by atoms with Crippen LogP contribution in [0.4, 0.5) is 0 Å². The van der Waals surface area contributed by atoms with E-state index in [9.17, 15) is 18.9 Å². The van der Waals surface area contributed by atoms with E-state index in [1.165, 1.54) is 11.6 Å². The molecule has 1 N–H and O–H groups in total. The lowest BCUT2D eigenvalue weighted by Gasteiger charge is -2.23. The fourth-order valence-electron chi connectivity index (χ4n) is 1.07. The number of phosphoric ester groups is 1. The van der Waals surface area contributed by atoms with Crippen LogP contribution in [0.25, 0.3) is 0 Å². The van der Waals surface area contributed by atoms with Crippen molar-refractivity contribution in [3.05, 3.63) is 23.3 Å².